The van der Waals surface area contributed by atoms with Crippen molar-refractivity contribution in [3.8, 4) is 0 Å². The molecule has 0 aromatic carbocycles. The molecule has 5 aromatic rings. The standard InChI is InChI=1S/C8H12.2C7H11N.5C6H9NS/c1-7(2)8-5-3-4-6-8;1-6(2)7-3-4-8-5-7;1-6(2)7-4-3-5-8-7;1-5(2)6-3-8-4-7-6;1-5(2)6-3-7-4-8-6;1-5(2)6-7-3-4-8-6;1-5(2)6-3-4-8-7-6;1-5(2)6-3-4-7-8-6/h3-5,7H,6H2,1-2H3;3,5-6H,4H2,1-2H3;3-4,6H,5H2,1-2H3;5*3-5H,1-2H3. The lowest BCUT2D eigenvalue weighted by Crippen LogP contribution is -2.00. The van der Waals surface area contributed by atoms with E-state index in [0.29, 0.717) is 41.4 Å². The lowest BCUT2D eigenvalue weighted by atomic mass is 10.0. The van der Waals surface area contributed by atoms with Crippen molar-refractivity contribution in [1.29, 1.82) is 0 Å². The maximum atomic E-state index is 4.24. The molecule has 0 amide bonds. The van der Waals surface area contributed by atoms with E-state index in [1.807, 2.05) is 46.6 Å². The van der Waals surface area contributed by atoms with Crippen molar-refractivity contribution in [3.63, 3.8) is 0 Å². The van der Waals surface area contributed by atoms with Crippen molar-refractivity contribution in [3.05, 3.63) is 132 Å². The number of hydrogen-bond donors (Lipinski definition) is 0. The number of aromatic nitrogens is 5. The normalized spacial score (nSPS) is 13.1. The molecule has 0 saturated carbocycles. The Morgan fingerprint density at radius 2 is 1.33 bits per heavy atom. The third kappa shape index (κ3) is 27.0. The zero-order valence-electron chi connectivity index (χ0n) is 41.7. The SMILES string of the molecule is CC(C)C1=CC=CC1.CC(C)C1=CCN=C1.CC(C)C1=NCC=C1.CC(C)c1ccns1.CC(C)c1ccsn1.CC(C)c1cncs1.CC(C)c1cscn1.CC(C)c1nccs1. The van der Waals surface area contributed by atoms with Crippen LogP contribution in [-0.2, 0) is 0 Å². The van der Waals surface area contributed by atoms with Crippen LogP contribution in [0.25, 0.3) is 0 Å². The Morgan fingerprint density at radius 3 is 1.58 bits per heavy atom. The molecule has 7 heterocycles. The number of aliphatic imine (C=N–C) groups is 2. The summed E-state index contributed by atoms with van der Waals surface area (Å²) in [5.41, 5.74) is 10.3. The third-order valence-corrected chi connectivity index (χ3v) is 13.6. The van der Waals surface area contributed by atoms with E-state index in [2.05, 4.69) is 198 Å². The van der Waals surface area contributed by atoms with Crippen molar-refractivity contribution in [2.45, 2.75) is 147 Å². The van der Waals surface area contributed by atoms with Gasteiger partial charge in [-0.3, -0.25) is 15.0 Å². The van der Waals surface area contributed by atoms with Crippen molar-refractivity contribution in [2.75, 3.05) is 13.1 Å². The Kier molecular flexibility index (Phi) is 31.7. The van der Waals surface area contributed by atoms with Crippen LogP contribution in [0.2, 0.25) is 0 Å². The number of thiazole rings is 3. The summed E-state index contributed by atoms with van der Waals surface area (Å²) in [5, 5.41) is 7.33. The molecule has 0 atom stereocenters. The van der Waals surface area contributed by atoms with E-state index in [0.717, 1.165) is 19.0 Å². The Bertz CT molecular complexity index is 1740. The summed E-state index contributed by atoms with van der Waals surface area (Å²) in [4.78, 5) is 23.3. The van der Waals surface area contributed by atoms with Crippen molar-refractivity contribution in [2.24, 2.45) is 27.7 Å². The van der Waals surface area contributed by atoms with Gasteiger partial charge in [0.15, 0.2) is 0 Å². The lowest BCUT2D eigenvalue weighted by molar-refractivity contribution is 0.753. The van der Waals surface area contributed by atoms with Crippen LogP contribution >= 0.6 is 57.1 Å². The van der Waals surface area contributed by atoms with Gasteiger partial charge in [-0.15, -0.1) is 34.0 Å². The Morgan fingerprint density at radius 1 is 0.609 bits per heavy atom. The van der Waals surface area contributed by atoms with E-state index in [1.165, 1.54) is 55.4 Å². The molecule has 1 aliphatic carbocycles. The van der Waals surface area contributed by atoms with Crippen LogP contribution in [-0.4, -0.2) is 48.7 Å². The molecule has 12 heteroatoms. The van der Waals surface area contributed by atoms with Crippen molar-refractivity contribution >= 4 is 69.0 Å². The number of allylic oxidation sites excluding steroid dienone is 6. The quantitative estimate of drug-likeness (QED) is 0.155. The van der Waals surface area contributed by atoms with Gasteiger partial charge in [-0.1, -0.05) is 147 Å². The zero-order chi connectivity index (χ0) is 47.9. The average Bonchev–Trinajstić information content (AvgIpc) is 4.12. The van der Waals surface area contributed by atoms with Crippen molar-refractivity contribution < 1.29 is 0 Å². The molecule has 0 unspecified atom stereocenters. The molecule has 0 spiro atoms. The minimum atomic E-state index is 0.584. The summed E-state index contributed by atoms with van der Waals surface area (Å²) >= 11 is 8.20. The van der Waals surface area contributed by atoms with E-state index >= 15 is 0 Å². The fourth-order valence-corrected chi connectivity index (χ4v) is 8.22. The summed E-state index contributed by atoms with van der Waals surface area (Å²) in [5.74, 6) is 5.04. The second-order valence-corrected chi connectivity index (χ2v) is 21.6. The molecule has 2 aliphatic heterocycles. The molecule has 5 aromatic heterocycles. The van der Waals surface area contributed by atoms with Gasteiger partial charge in [0.1, 0.15) is 0 Å². The van der Waals surface area contributed by atoms with E-state index in [1.54, 1.807) is 51.1 Å². The minimum absolute atomic E-state index is 0.584. The first-order valence-electron chi connectivity index (χ1n) is 22.7. The molecular formula is C52H79N7S5. The molecule has 0 radical (unpaired) electrons. The smallest absolute Gasteiger partial charge is 0.0950 e. The fraction of sp³-hybridized carbons (Fsp3) is 0.519. The van der Waals surface area contributed by atoms with Gasteiger partial charge in [0.05, 0.1) is 40.5 Å². The summed E-state index contributed by atoms with van der Waals surface area (Å²) in [6, 6.07) is 4.13. The van der Waals surface area contributed by atoms with Gasteiger partial charge in [0, 0.05) is 62.3 Å². The molecule has 0 N–H and O–H groups in total. The van der Waals surface area contributed by atoms with Gasteiger partial charge in [-0.25, -0.2) is 14.3 Å². The van der Waals surface area contributed by atoms with E-state index in [-0.39, 0.29) is 0 Å². The van der Waals surface area contributed by atoms with E-state index in [4.69, 9.17) is 0 Å². The summed E-state index contributed by atoms with van der Waals surface area (Å²) < 4.78 is 8.14. The first-order valence-corrected chi connectivity index (χ1v) is 27.0. The molecule has 7 nitrogen and oxygen atoms in total. The summed E-state index contributed by atoms with van der Waals surface area (Å²) in [6.45, 7) is 36.5. The highest BCUT2D eigenvalue weighted by Crippen LogP contribution is 2.20. The second-order valence-electron chi connectivity index (χ2n) is 17.5. The maximum Gasteiger partial charge on any atom is 0.0950 e. The highest BCUT2D eigenvalue weighted by Gasteiger charge is 2.04. The number of hydrogen-bond acceptors (Lipinski definition) is 12. The molecular weight excluding hydrogens is 883 g/mol. The average molecular weight is 963 g/mol. The lowest BCUT2D eigenvalue weighted by Gasteiger charge is -2.02. The topological polar surface area (TPSA) is 89.2 Å². The molecule has 8 rings (SSSR count). The van der Waals surface area contributed by atoms with Crippen molar-refractivity contribution in [1.82, 2.24) is 23.7 Å². The molecule has 64 heavy (non-hydrogen) atoms. The van der Waals surface area contributed by atoms with Crippen LogP contribution in [0.15, 0.2) is 115 Å². The Balaban J connectivity index is 0.000000366. The predicted octanol–water partition coefficient (Wildman–Crippen LogP) is 17.2. The number of nitrogens with zero attached hydrogens (tertiary/aromatic N) is 7. The van der Waals surface area contributed by atoms with E-state index in [9.17, 15) is 0 Å². The van der Waals surface area contributed by atoms with Crippen LogP contribution in [0.4, 0.5) is 0 Å². The van der Waals surface area contributed by atoms with Crippen LogP contribution < -0.4 is 0 Å². The van der Waals surface area contributed by atoms with Gasteiger partial charge in [0.25, 0.3) is 0 Å². The van der Waals surface area contributed by atoms with Crippen LogP contribution in [0, 0.1) is 17.8 Å². The summed E-state index contributed by atoms with van der Waals surface area (Å²) in [7, 11) is 0. The highest BCUT2D eigenvalue weighted by atomic mass is 32.1. The molecule has 0 saturated heterocycles. The Hall–Kier alpha value is -3.55. The maximum absolute atomic E-state index is 4.24. The van der Waals surface area contributed by atoms with Gasteiger partial charge in [-0.05, 0) is 94.7 Å². The Labute approximate surface area is 409 Å². The molecule has 3 aliphatic rings. The van der Waals surface area contributed by atoms with Crippen LogP contribution in [0.5, 0.6) is 0 Å². The van der Waals surface area contributed by atoms with Crippen LogP contribution in [0.3, 0.4) is 0 Å². The largest absolute Gasteiger partial charge is 0.289 e. The second kappa shape index (κ2) is 34.8. The fourth-order valence-electron chi connectivity index (χ4n) is 4.99. The number of rotatable bonds is 8. The van der Waals surface area contributed by atoms with Gasteiger partial charge < -0.3 is 0 Å². The predicted molar refractivity (Wildman–Crippen MR) is 290 cm³/mol. The monoisotopic (exact) mass is 962 g/mol. The first-order chi connectivity index (χ1) is 30.4. The third-order valence-electron chi connectivity index (χ3n) is 9.23. The minimum Gasteiger partial charge on any atom is -0.289 e. The van der Waals surface area contributed by atoms with Gasteiger partial charge in [0.2, 0.25) is 0 Å². The first kappa shape index (κ1) is 58.5. The van der Waals surface area contributed by atoms with Gasteiger partial charge in [-0.2, -0.15) is 4.37 Å². The highest BCUT2D eigenvalue weighted by molar-refractivity contribution is 7.10. The summed E-state index contributed by atoms with van der Waals surface area (Å²) in [6.07, 6.45) is 21.7. The molecule has 0 bridgehead atoms. The van der Waals surface area contributed by atoms with E-state index < -0.39 is 0 Å². The molecule has 0 fully saturated rings. The zero-order valence-corrected chi connectivity index (χ0v) is 45.8. The molecule has 352 valence electrons. The van der Waals surface area contributed by atoms with Crippen LogP contribution in [0.1, 0.15) is 173 Å². The van der Waals surface area contributed by atoms with Gasteiger partial charge >= 0.3 is 0 Å².